The quantitative estimate of drug-likeness (QED) is 0.576. The fourth-order valence-corrected chi connectivity index (χ4v) is 2.84. The van der Waals surface area contributed by atoms with E-state index in [2.05, 4.69) is 11.9 Å². The summed E-state index contributed by atoms with van der Waals surface area (Å²) in [5.41, 5.74) is 3.21. The molecule has 5 nitrogen and oxygen atoms in total. The molecule has 0 fully saturated rings. The van der Waals surface area contributed by atoms with Gasteiger partial charge in [-0.25, -0.2) is 4.79 Å². The average Bonchev–Trinajstić information content (AvgIpc) is 2.91. The zero-order chi connectivity index (χ0) is 17.3. The number of amides is 1. The van der Waals surface area contributed by atoms with E-state index in [1.165, 1.54) is 0 Å². The zero-order valence-corrected chi connectivity index (χ0v) is 13.8. The summed E-state index contributed by atoms with van der Waals surface area (Å²) in [7, 11) is 0. The lowest BCUT2D eigenvalue weighted by Gasteiger charge is -2.08. The second-order valence-corrected chi connectivity index (χ2v) is 5.85. The molecule has 2 aromatic heterocycles. The molecule has 3 aromatic rings. The van der Waals surface area contributed by atoms with Gasteiger partial charge in [-0.1, -0.05) is 6.08 Å². The largest absolute Gasteiger partial charge is 0.464 e. The van der Waals surface area contributed by atoms with Gasteiger partial charge in [0.15, 0.2) is 0 Å². The van der Waals surface area contributed by atoms with Crippen LogP contribution in [0.1, 0.15) is 23.1 Å². The van der Waals surface area contributed by atoms with E-state index in [0.717, 1.165) is 21.9 Å². The number of furan rings is 1. The molecular formula is C19H19NO4. The molecular weight excluding hydrogens is 306 g/mol. The lowest BCUT2D eigenvalue weighted by Crippen LogP contribution is -2.24. The Balaban J connectivity index is 2.00. The van der Waals surface area contributed by atoms with Crippen LogP contribution in [-0.2, 0) is 11.2 Å². The van der Waals surface area contributed by atoms with Crippen molar-refractivity contribution < 1.29 is 13.6 Å². The van der Waals surface area contributed by atoms with Gasteiger partial charge in [0.05, 0.1) is 6.26 Å². The van der Waals surface area contributed by atoms with Gasteiger partial charge in [0, 0.05) is 35.4 Å². The summed E-state index contributed by atoms with van der Waals surface area (Å²) in [6.45, 7) is 7.83. The molecule has 5 heteroatoms. The predicted octanol–water partition coefficient (Wildman–Crippen LogP) is 3.39. The van der Waals surface area contributed by atoms with Crippen molar-refractivity contribution in [3.05, 3.63) is 58.2 Å². The van der Waals surface area contributed by atoms with Crippen LogP contribution in [0.5, 0.6) is 0 Å². The van der Waals surface area contributed by atoms with Crippen LogP contribution in [0.15, 0.2) is 44.7 Å². The van der Waals surface area contributed by atoms with Crippen LogP contribution < -0.4 is 10.9 Å². The molecule has 0 spiro atoms. The van der Waals surface area contributed by atoms with Crippen molar-refractivity contribution in [1.82, 2.24) is 5.32 Å². The van der Waals surface area contributed by atoms with Crippen LogP contribution in [0.2, 0.25) is 0 Å². The maximum absolute atomic E-state index is 12.3. The van der Waals surface area contributed by atoms with Crippen LogP contribution in [0.4, 0.5) is 0 Å². The minimum absolute atomic E-state index is 0.116. The number of hydrogen-bond donors (Lipinski definition) is 1. The molecule has 124 valence electrons. The minimum atomic E-state index is -0.404. The molecule has 0 radical (unpaired) electrons. The van der Waals surface area contributed by atoms with Gasteiger partial charge in [0.25, 0.3) is 0 Å². The maximum atomic E-state index is 12.3. The predicted molar refractivity (Wildman–Crippen MR) is 93.3 cm³/mol. The van der Waals surface area contributed by atoms with E-state index < -0.39 is 5.63 Å². The van der Waals surface area contributed by atoms with E-state index in [1.807, 2.05) is 19.9 Å². The first-order valence-corrected chi connectivity index (χ1v) is 7.83. The summed E-state index contributed by atoms with van der Waals surface area (Å²) in [6, 6.07) is 3.72. The van der Waals surface area contributed by atoms with Gasteiger partial charge in [-0.05, 0) is 37.5 Å². The Labute approximate surface area is 138 Å². The van der Waals surface area contributed by atoms with Crippen LogP contribution in [0.3, 0.4) is 0 Å². The molecule has 0 atom stereocenters. The minimum Gasteiger partial charge on any atom is -0.464 e. The highest BCUT2D eigenvalue weighted by atomic mass is 16.4. The number of hydrogen-bond acceptors (Lipinski definition) is 4. The Morgan fingerprint density at radius 1 is 1.25 bits per heavy atom. The molecule has 0 bridgehead atoms. The SMILES string of the molecule is C=CCNC(=O)CCc1c(C)c2cc3c(C)coc3cc2oc1=O. The molecule has 0 saturated carbocycles. The standard InChI is InChI=1S/C19H19NO4/c1-4-7-20-18(21)6-5-13-12(3)15-8-14-11(2)10-23-16(14)9-17(15)24-19(13)22/h4,8-10H,1,5-7H2,2-3H3,(H,20,21). The molecule has 0 aliphatic heterocycles. The number of aryl methyl sites for hydroxylation is 2. The van der Waals surface area contributed by atoms with E-state index in [4.69, 9.17) is 8.83 Å². The number of benzene rings is 1. The summed E-state index contributed by atoms with van der Waals surface area (Å²) < 4.78 is 10.9. The van der Waals surface area contributed by atoms with Crippen molar-refractivity contribution >= 4 is 27.8 Å². The van der Waals surface area contributed by atoms with Gasteiger partial charge in [-0.3, -0.25) is 4.79 Å². The Morgan fingerprint density at radius 2 is 2.04 bits per heavy atom. The summed E-state index contributed by atoms with van der Waals surface area (Å²) in [5, 5.41) is 4.57. The van der Waals surface area contributed by atoms with E-state index >= 15 is 0 Å². The lowest BCUT2D eigenvalue weighted by atomic mass is 10.0. The molecule has 1 aromatic carbocycles. The second kappa shape index (κ2) is 6.35. The highest BCUT2D eigenvalue weighted by Crippen LogP contribution is 2.28. The Bertz CT molecular complexity index is 994. The molecule has 3 rings (SSSR count). The summed E-state index contributed by atoms with van der Waals surface area (Å²) in [5.74, 6) is -0.116. The third-order valence-electron chi connectivity index (χ3n) is 4.22. The van der Waals surface area contributed by atoms with Crippen molar-refractivity contribution in [3.8, 4) is 0 Å². The number of fused-ring (bicyclic) bond motifs is 2. The maximum Gasteiger partial charge on any atom is 0.339 e. The smallest absolute Gasteiger partial charge is 0.339 e. The molecule has 1 amide bonds. The summed E-state index contributed by atoms with van der Waals surface area (Å²) >= 11 is 0. The number of rotatable bonds is 5. The fourth-order valence-electron chi connectivity index (χ4n) is 2.84. The highest BCUT2D eigenvalue weighted by molar-refractivity contribution is 5.96. The first kappa shape index (κ1) is 16.1. The summed E-state index contributed by atoms with van der Waals surface area (Å²) in [6.07, 6.45) is 3.88. The third kappa shape index (κ3) is 2.85. The Hall–Kier alpha value is -2.82. The molecule has 0 unspecified atom stereocenters. The number of nitrogens with one attached hydrogen (secondary N) is 1. The van der Waals surface area contributed by atoms with Gasteiger partial charge in [0.1, 0.15) is 11.2 Å². The van der Waals surface area contributed by atoms with Crippen LogP contribution in [0.25, 0.3) is 21.9 Å². The Kier molecular flexibility index (Phi) is 4.25. The van der Waals surface area contributed by atoms with Crippen molar-refractivity contribution in [2.45, 2.75) is 26.7 Å². The molecule has 0 aliphatic rings. The summed E-state index contributed by atoms with van der Waals surface area (Å²) in [4.78, 5) is 24.0. The number of carbonyl (C=O) groups excluding carboxylic acids is 1. The van der Waals surface area contributed by atoms with E-state index in [1.54, 1.807) is 18.4 Å². The number of carbonyl (C=O) groups is 1. The topological polar surface area (TPSA) is 72.5 Å². The molecule has 0 saturated heterocycles. The molecule has 1 N–H and O–H groups in total. The highest BCUT2D eigenvalue weighted by Gasteiger charge is 2.15. The van der Waals surface area contributed by atoms with E-state index in [9.17, 15) is 9.59 Å². The molecule has 2 heterocycles. The molecule has 0 aliphatic carbocycles. The average molecular weight is 325 g/mol. The van der Waals surface area contributed by atoms with Gasteiger partial charge in [-0.2, -0.15) is 0 Å². The van der Waals surface area contributed by atoms with Gasteiger partial charge >= 0.3 is 5.63 Å². The lowest BCUT2D eigenvalue weighted by molar-refractivity contribution is -0.120. The Morgan fingerprint density at radius 3 is 2.79 bits per heavy atom. The van der Waals surface area contributed by atoms with Crippen molar-refractivity contribution in [1.29, 1.82) is 0 Å². The third-order valence-corrected chi connectivity index (χ3v) is 4.22. The first-order chi connectivity index (χ1) is 11.5. The van der Waals surface area contributed by atoms with Gasteiger partial charge < -0.3 is 14.2 Å². The van der Waals surface area contributed by atoms with Crippen LogP contribution in [0, 0.1) is 13.8 Å². The fraction of sp³-hybridized carbons (Fsp3) is 0.263. The van der Waals surface area contributed by atoms with Crippen LogP contribution >= 0.6 is 0 Å². The van der Waals surface area contributed by atoms with Gasteiger partial charge in [-0.15, -0.1) is 6.58 Å². The monoisotopic (exact) mass is 325 g/mol. The molecule has 24 heavy (non-hydrogen) atoms. The van der Waals surface area contributed by atoms with Crippen molar-refractivity contribution in [3.63, 3.8) is 0 Å². The van der Waals surface area contributed by atoms with Crippen LogP contribution in [-0.4, -0.2) is 12.5 Å². The van der Waals surface area contributed by atoms with Crippen molar-refractivity contribution in [2.75, 3.05) is 6.54 Å². The zero-order valence-electron chi connectivity index (χ0n) is 13.8. The van der Waals surface area contributed by atoms with Gasteiger partial charge in [0.2, 0.25) is 5.91 Å². The van der Waals surface area contributed by atoms with E-state index in [-0.39, 0.29) is 12.3 Å². The van der Waals surface area contributed by atoms with Crippen molar-refractivity contribution in [2.24, 2.45) is 0 Å². The first-order valence-electron chi connectivity index (χ1n) is 7.83. The normalized spacial score (nSPS) is 11.1. The second-order valence-electron chi connectivity index (χ2n) is 5.85. The van der Waals surface area contributed by atoms with E-state index in [0.29, 0.717) is 29.7 Å².